The molecule has 0 amide bonds. The molecule has 0 saturated heterocycles. The van der Waals surface area contributed by atoms with E-state index in [1.165, 1.54) is 12.8 Å². The van der Waals surface area contributed by atoms with Crippen molar-refractivity contribution in [1.29, 1.82) is 0 Å². The summed E-state index contributed by atoms with van der Waals surface area (Å²) in [6.45, 7) is 0. The van der Waals surface area contributed by atoms with Gasteiger partial charge in [-0.3, -0.25) is 0 Å². The molecule has 1 aromatic heterocycles. The van der Waals surface area contributed by atoms with Crippen LogP contribution in [0.5, 0.6) is 0 Å². The van der Waals surface area contributed by atoms with E-state index in [2.05, 4.69) is 9.97 Å². The van der Waals surface area contributed by atoms with E-state index in [1.807, 2.05) is 0 Å². The molecule has 5 heteroatoms. The van der Waals surface area contributed by atoms with E-state index in [1.54, 1.807) is 0 Å². The molecule has 1 aliphatic rings. The summed E-state index contributed by atoms with van der Waals surface area (Å²) in [6, 6.07) is 0. The van der Waals surface area contributed by atoms with Crippen LogP contribution in [0.2, 0.25) is 10.3 Å². The van der Waals surface area contributed by atoms with E-state index in [-0.39, 0.29) is 5.88 Å². The molecule has 2 nitrogen and oxygen atoms in total. The fourth-order valence-corrected chi connectivity index (χ4v) is 2.92. The molecule has 2 rings (SSSR count). The summed E-state index contributed by atoms with van der Waals surface area (Å²) in [7, 11) is 0. The second-order valence-corrected chi connectivity index (χ2v) is 4.73. The van der Waals surface area contributed by atoms with Gasteiger partial charge in [0.25, 0.3) is 0 Å². The van der Waals surface area contributed by atoms with Crippen LogP contribution in [0.25, 0.3) is 0 Å². The van der Waals surface area contributed by atoms with Crippen LogP contribution in [0.4, 0.5) is 0 Å². The number of hydrogen-bond donors (Lipinski definition) is 0. The minimum Gasteiger partial charge on any atom is -0.220 e. The molecule has 0 aliphatic heterocycles. The lowest BCUT2D eigenvalue weighted by Crippen LogP contribution is -2.02. The van der Waals surface area contributed by atoms with Crippen LogP contribution < -0.4 is 0 Å². The third-order valence-corrected chi connectivity index (χ3v) is 3.60. The Bertz CT molecular complexity index is 339. The van der Waals surface area contributed by atoms with E-state index >= 15 is 0 Å². The van der Waals surface area contributed by atoms with Gasteiger partial charge in [-0.15, -0.1) is 11.6 Å². The topological polar surface area (TPSA) is 25.8 Å². The zero-order valence-corrected chi connectivity index (χ0v) is 10.4. The lowest BCUT2D eigenvalue weighted by molar-refractivity contribution is 0.712. The highest BCUT2D eigenvalue weighted by Crippen LogP contribution is 2.39. The van der Waals surface area contributed by atoms with Crippen LogP contribution in [-0.2, 0) is 5.88 Å². The zero-order chi connectivity index (χ0) is 10.8. The van der Waals surface area contributed by atoms with E-state index in [0.717, 1.165) is 18.4 Å². The van der Waals surface area contributed by atoms with E-state index in [9.17, 15) is 0 Å². The number of nitrogens with zero attached hydrogens (tertiary/aromatic N) is 2. The Morgan fingerprint density at radius 3 is 2.07 bits per heavy atom. The number of rotatable bonds is 2. The average molecular weight is 266 g/mol. The van der Waals surface area contributed by atoms with E-state index in [0.29, 0.717) is 22.0 Å². The van der Waals surface area contributed by atoms with Gasteiger partial charge < -0.3 is 0 Å². The number of hydrogen-bond acceptors (Lipinski definition) is 2. The normalized spacial score (nSPS) is 17.3. The van der Waals surface area contributed by atoms with Gasteiger partial charge in [0.1, 0.15) is 16.1 Å². The molecule has 82 valence electrons. The first kappa shape index (κ1) is 11.4. The lowest BCUT2D eigenvalue weighted by atomic mass is 10.0. The minimum absolute atomic E-state index is 0.240. The summed E-state index contributed by atoms with van der Waals surface area (Å²) in [5.41, 5.74) is 0.907. The quantitative estimate of drug-likeness (QED) is 0.592. The predicted molar refractivity (Wildman–Crippen MR) is 62.8 cm³/mol. The SMILES string of the molecule is ClCc1nc(Cl)c(C2CCCC2)c(Cl)n1. The fraction of sp³-hybridized carbons (Fsp3) is 0.600. The minimum atomic E-state index is 0.240. The Balaban J connectivity index is 2.37. The summed E-state index contributed by atoms with van der Waals surface area (Å²) >= 11 is 17.8. The highest BCUT2D eigenvalue weighted by atomic mass is 35.5. The van der Waals surface area contributed by atoms with Crippen LogP contribution in [0.15, 0.2) is 0 Å². The number of halogens is 3. The average Bonchev–Trinajstić information content (AvgIpc) is 2.69. The fourth-order valence-electron chi connectivity index (χ4n) is 2.07. The van der Waals surface area contributed by atoms with Gasteiger partial charge in [0.05, 0.1) is 5.88 Å². The maximum absolute atomic E-state index is 6.10. The Kier molecular flexibility index (Phi) is 3.70. The molecule has 1 aliphatic carbocycles. The van der Waals surface area contributed by atoms with E-state index < -0.39 is 0 Å². The molecule has 0 spiro atoms. The van der Waals surface area contributed by atoms with Crippen molar-refractivity contribution in [1.82, 2.24) is 9.97 Å². The molecule has 0 atom stereocenters. The molecule has 1 saturated carbocycles. The molecule has 1 aromatic rings. The van der Waals surface area contributed by atoms with Gasteiger partial charge in [-0.05, 0) is 18.8 Å². The second-order valence-electron chi connectivity index (χ2n) is 3.75. The third-order valence-electron chi connectivity index (χ3n) is 2.78. The van der Waals surface area contributed by atoms with E-state index in [4.69, 9.17) is 34.8 Å². The van der Waals surface area contributed by atoms with Crippen LogP contribution in [0.3, 0.4) is 0 Å². The molecule has 1 heterocycles. The van der Waals surface area contributed by atoms with Crippen molar-refractivity contribution in [3.8, 4) is 0 Å². The summed E-state index contributed by atoms with van der Waals surface area (Å²) in [4.78, 5) is 8.27. The number of aromatic nitrogens is 2. The Morgan fingerprint density at radius 1 is 1.07 bits per heavy atom. The predicted octanol–water partition coefficient (Wildman–Crippen LogP) is 4.18. The molecule has 15 heavy (non-hydrogen) atoms. The van der Waals surface area contributed by atoms with Gasteiger partial charge in [0.15, 0.2) is 0 Å². The summed E-state index contributed by atoms with van der Waals surface area (Å²) in [5.74, 6) is 1.16. The second kappa shape index (κ2) is 4.86. The molecule has 0 bridgehead atoms. The van der Waals surface area contributed by atoms with Crippen LogP contribution >= 0.6 is 34.8 Å². The molecule has 0 radical (unpaired) electrons. The van der Waals surface area contributed by atoms with Crippen molar-refractivity contribution in [2.75, 3.05) is 0 Å². The lowest BCUT2D eigenvalue weighted by Gasteiger charge is -2.12. The van der Waals surface area contributed by atoms with Crippen molar-refractivity contribution in [3.05, 3.63) is 21.7 Å². The summed E-state index contributed by atoms with van der Waals surface area (Å²) in [5, 5.41) is 0.940. The Morgan fingerprint density at radius 2 is 1.60 bits per heavy atom. The van der Waals surface area contributed by atoms with Crippen molar-refractivity contribution in [2.45, 2.75) is 37.5 Å². The molecule has 0 aromatic carbocycles. The van der Waals surface area contributed by atoms with Gasteiger partial charge >= 0.3 is 0 Å². The molecule has 0 unspecified atom stereocenters. The monoisotopic (exact) mass is 264 g/mol. The maximum atomic E-state index is 6.10. The summed E-state index contributed by atoms with van der Waals surface area (Å²) < 4.78 is 0. The molecular weight excluding hydrogens is 254 g/mol. The van der Waals surface area contributed by atoms with Crippen LogP contribution in [0.1, 0.15) is 43.0 Å². The van der Waals surface area contributed by atoms with Crippen LogP contribution in [-0.4, -0.2) is 9.97 Å². The van der Waals surface area contributed by atoms with Crippen molar-refractivity contribution in [2.24, 2.45) is 0 Å². The van der Waals surface area contributed by atoms with Gasteiger partial charge in [-0.2, -0.15) is 0 Å². The number of alkyl halides is 1. The Hall–Kier alpha value is -0.0500. The van der Waals surface area contributed by atoms with Crippen molar-refractivity contribution in [3.63, 3.8) is 0 Å². The first-order valence-electron chi connectivity index (χ1n) is 5.00. The van der Waals surface area contributed by atoms with Gasteiger partial charge in [-0.1, -0.05) is 36.0 Å². The molecular formula is C10H11Cl3N2. The molecule has 1 fully saturated rings. The first-order valence-corrected chi connectivity index (χ1v) is 6.29. The van der Waals surface area contributed by atoms with Gasteiger partial charge in [0.2, 0.25) is 0 Å². The van der Waals surface area contributed by atoms with Gasteiger partial charge in [0, 0.05) is 5.56 Å². The third kappa shape index (κ3) is 2.38. The van der Waals surface area contributed by atoms with Crippen molar-refractivity contribution >= 4 is 34.8 Å². The highest BCUT2D eigenvalue weighted by molar-refractivity contribution is 6.34. The zero-order valence-electron chi connectivity index (χ0n) is 8.14. The molecule has 0 N–H and O–H groups in total. The maximum Gasteiger partial charge on any atom is 0.146 e. The summed E-state index contributed by atoms with van der Waals surface area (Å²) in [6.07, 6.45) is 4.72. The van der Waals surface area contributed by atoms with Crippen LogP contribution in [0, 0.1) is 0 Å². The highest BCUT2D eigenvalue weighted by Gasteiger charge is 2.24. The largest absolute Gasteiger partial charge is 0.220 e. The van der Waals surface area contributed by atoms with Gasteiger partial charge in [-0.25, -0.2) is 9.97 Å². The smallest absolute Gasteiger partial charge is 0.146 e. The standard InChI is InChI=1S/C10H11Cl3N2/c11-5-7-14-9(12)8(10(13)15-7)6-3-1-2-4-6/h6H,1-5H2. The van der Waals surface area contributed by atoms with Crippen molar-refractivity contribution < 1.29 is 0 Å². The first-order chi connectivity index (χ1) is 7.22. The Labute approximate surface area is 104 Å².